The third-order valence-corrected chi connectivity index (χ3v) is 5.52. The minimum Gasteiger partial charge on any atom is -0.457 e. The van der Waals surface area contributed by atoms with Gasteiger partial charge in [0.15, 0.2) is 4.67 Å². The van der Waals surface area contributed by atoms with Gasteiger partial charge in [0, 0.05) is 6.07 Å². The Labute approximate surface area is 132 Å². The molecular formula is C13H18BrNO5S. The average molecular weight is 380 g/mol. The van der Waals surface area contributed by atoms with Crippen molar-refractivity contribution in [1.82, 2.24) is 0 Å². The molecule has 21 heavy (non-hydrogen) atoms. The van der Waals surface area contributed by atoms with Gasteiger partial charge in [-0.3, -0.25) is 0 Å². The number of carbonyl (C=O) groups excluding carboxylic acids is 1. The molecule has 0 bridgehead atoms. The lowest BCUT2D eigenvalue weighted by Gasteiger charge is -2.27. The molecule has 1 heterocycles. The van der Waals surface area contributed by atoms with Crippen molar-refractivity contribution in [2.75, 3.05) is 0 Å². The second-order valence-corrected chi connectivity index (χ2v) is 7.51. The Bertz CT molecular complexity index is 625. The normalized spacial score (nSPS) is 23.0. The number of esters is 1. The van der Waals surface area contributed by atoms with Gasteiger partial charge in [0.1, 0.15) is 11.0 Å². The van der Waals surface area contributed by atoms with Crippen molar-refractivity contribution in [3.05, 3.63) is 16.5 Å². The van der Waals surface area contributed by atoms with Crippen molar-refractivity contribution in [1.29, 1.82) is 0 Å². The van der Waals surface area contributed by atoms with Crippen molar-refractivity contribution in [3.8, 4) is 0 Å². The van der Waals surface area contributed by atoms with Gasteiger partial charge >= 0.3 is 5.97 Å². The number of nitrogens with two attached hydrogens (primary N) is 1. The van der Waals surface area contributed by atoms with E-state index in [0.29, 0.717) is 5.92 Å². The van der Waals surface area contributed by atoms with E-state index in [1.54, 1.807) is 0 Å². The Balaban J connectivity index is 2.07. The number of ether oxygens (including phenoxy) is 1. The van der Waals surface area contributed by atoms with Crippen molar-refractivity contribution < 1.29 is 22.4 Å². The highest BCUT2D eigenvalue weighted by Gasteiger charge is 2.27. The van der Waals surface area contributed by atoms with Crippen molar-refractivity contribution in [2.45, 2.75) is 50.0 Å². The summed E-state index contributed by atoms with van der Waals surface area (Å²) in [6.45, 7) is 2.12. The highest BCUT2D eigenvalue weighted by atomic mass is 79.9. The smallest absolute Gasteiger partial charge is 0.374 e. The van der Waals surface area contributed by atoms with Crippen LogP contribution >= 0.6 is 15.9 Å². The maximum absolute atomic E-state index is 12.0. The highest BCUT2D eigenvalue weighted by molar-refractivity contribution is 9.10. The summed E-state index contributed by atoms with van der Waals surface area (Å²) in [6, 6.07) is 1.09. The van der Waals surface area contributed by atoms with Crippen LogP contribution in [0, 0.1) is 5.92 Å². The second kappa shape index (κ2) is 6.50. The average Bonchev–Trinajstić information content (AvgIpc) is 2.81. The molecule has 0 saturated heterocycles. The number of hydrogen-bond acceptors (Lipinski definition) is 5. The summed E-state index contributed by atoms with van der Waals surface area (Å²) in [4.78, 5) is 11.8. The van der Waals surface area contributed by atoms with Crippen LogP contribution in [-0.2, 0) is 14.8 Å². The number of carbonyl (C=O) groups is 1. The number of primary sulfonamides is 1. The first kappa shape index (κ1) is 16.5. The van der Waals surface area contributed by atoms with E-state index in [0.717, 1.165) is 38.2 Å². The Morgan fingerprint density at radius 2 is 2.24 bits per heavy atom. The molecule has 0 aromatic carbocycles. The van der Waals surface area contributed by atoms with Gasteiger partial charge in [0.2, 0.25) is 15.8 Å². The predicted octanol–water partition coefficient (Wildman–Crippen LogP) is 2.82. The molecule has 1 fully saturated rings. The van der Waals surface area contributed by atoms with E-state index in [2.05, 4.69) is 22.9 Å². The number of furan rings is 1. The zero-order chi connectivity index (χ0) is 15.6. The number of halogens is 1. The minimum absolute atomic E-state index is 0.0907. The molecule has 1 saturated carbocycles. The van der Waals surface area contributed by atoms with E-state index in [9.17, 15) is 13.2 Å². The van der Waals surface area contributed by atoms with Crippen molar-refractivity contribution in [2.24, 2.45) is 11.1 Å². The van der Waals surface area contributed by atoms with E-state index in [1.807, 2.05) is 0 Å². The monoisotopic (exact) mass is 379 g/mol. The Hall–Kier alpha value is -0.860. The maximum atomic E-state index is 12.0. The van der Waals surface area contributed by atoms with Crippen LogP contribution in [0.25, 0.3) is 0 Å². The van der Waals surface area contributed by atoms with Gasteiger partial charge in [-0.15, -0.1) is 0 Å². The summed E-state index contributed by atoms with van der Waals surface area (Å²) in [6.07, 6.45) is 4.78. The molecule has 1 aromatic heterocycles. The largest absolute Gasteiger partial charge is 0.457 e. The van der Waals surface area contributed by atoms with E-state index in [4.69, 9.17) is 14.3 Å². The molecule has 2 rings (SSSR count). The maximum Gasteiger partial charge on any atom is 0.374 e. The third-order valence-electron chi connectivity index (χ3n) is 3.75. The molecule has 1 aromatic rings. The van der Waals surface area contributed by atoms with Gasteiger partial charge < -0.3 is 9.15 Å². The van der Waals surface area contributed by atoms with Gasteiger partial charge in [-0.2, -0.15) is 0 Å². The van der Waals surface area contributed by atoms with E-state index < -0.39 is 16.0 Å². The molecule has 0 aliphatic heterocycles. The fourth-order valence-corrected chi connectivity index (χ4v) is 4.08. The Morgan fingerprint density at radius 3 is 2.81 bits per heavy atom. The summed E-state index contributed by atoms with van der Waals surface area (Å²) in [5.74, 6) is -0.253. The zero-order valence-electron chi connectivity index (χ0n) is 11.7. The first-order valence-electron chi connectivity index (χ1n) is 6.84. The van der Waals surface area contributed by atoms with Crippen LogP contribution < -0.4 is 5.14 Å². The van der Waals surface area contributed by atoms with Crippen molar-refractivity contribution >= 4 is 31.9 Å². The summed E-state index contributed by atoms with van der Waals surface area (Å²) in [5, 5.41) is 5.02. The quantitative estimate of drug-likeness (QED) is 0.810. The number of hydrogen-bond donors (Lipinski definition) is 1. The fraction of sp³-hybridized carbons (Fsp3) is 0.615. The van der Waals surface area contributed by atoms with E-state index >= 15 is 0 Å². The molecular weight excluding hydrogens is 362 g/mol. The van der Waals surface area contributed by atoms with Crippen molar-refractivity contribution in [3.63, 3.8) is 0 Å². The molecule has 1 aliphatic rings. The molecule has 0 spiro atoms. The van der Waals surface area contributed by atoms with E-state index in [-0.39, 0.29) is 21.4 Å². The SMILES string of the molecule is CCC1CCCC(OC(=O)c2cc(S(N)(=O)=O)c(Br)o2)C1. The van der Waals surface area contributed by atoms with Crippen LogP contribution in [0.3, 0.4) is 0 Å². The van der Waals surface area contributed by atoms with Gasteiger partial charge in [-0.1, -0.05) is 19.8 Å². The first-order chi connectivity index (χ1) is 9.81. The number of sulfonamides is 1. The lowest BCUT2D eigenvalue weighted by Crippen LogP contribution is -2.25. The predicted molar refractivity (Wildman–Crippen MR) is 79.2 cm³/mol. The highest BCUT2D eigenvalue weighted by Crippen LogP contribution is 2.30. The van der Waals surface area contributed by atoms with Crippen LogP contribution in [0.1, 0.15) is 49.6 Å². The lowest BCUT2D eigenvalue weighted by molar-refractivity contribution is 0.0106. The van der Waals surface area contributed by atoms with Crippen LogP contribution in [-0.4, -0.2) is 20.5 Å². The summed E-state index contributed by atoms with van der Waals surface area (Å²) in [7, 11) is -3.94. The molecule has 1 aliphatic carbocycles. The molecule has 0 amide bonds. The molecule has 2 N–H and O–H groups in total. The Kier molecular flexibility index (Phi) is 5.11. The lowest BCUT2D eigenvalue weighted by atomic mass is 9.85. The summed E-state index contributed by atoms with van der Waals surface area (Å²) < 4.78 is 33.0. The zero-order valence-corrected chi connectivity index (χ0v) is 14.1. The van der Waals surface area contributed by atoms with Gasteiger partial charge in [0.25, 0.3) is 0 Å². The second-order valence-electron chi connectivity index (χ2n) is 5.26. The molecule has 2 unspecified atom stereocenters. The van der Waals surface area contributed by atoms with Crippen LogP contribution in [0.4, 0.5) is 0 Å². The van der Waals surface area contributed by atoms with Crippen LogP contribution in [0.15, 0.2) is 20.0 Å². The molecule has 6 nitrogen and oxygen atoms in total. The third kappa shape index (κ3) is 4.08. The molecule has 0 radical (unpaired) electrons. The molecule has 118 valence electrons. The van der Waals surface area contributed by atoms with Gasteiger partial charge in [-0.25, -0.2) is 18.4 Å². The topological polar surface area (TPSA) is 99.6 Å². The fourth-order valence-electron chi connectivity index (χ4n) is 2.58. The standard InChI is InChI=1S/C13H18BrNO5S/c1-2-8-4-3-5-9(6-8)19-13(16)10-7-11(12(14)20-10)21(15,17)18/h7-9H,2-6H2,1H3,(H2,15,17,18). The van der Waals surface area contributed by atoms with Crippen LogP contribution in [0.5, 0.6) is 0 Å². The van der Waals surface area contributed by atoms with E-state index in [1.165, 1.54) is 0 Å². The first-order valence-corrected chi connectivity index (χ1v) is 9.18. The molecule has 2 atom stereocenters. The summed E-state index contributed by atoms with van der Waals surface area (Å²) >= 11 is 2.93. The Morgan fingerprint density at radius 1 is 1.52 bits per heavy atom. The minimum atomic E-state index is -3.94. The van der Waals surface area contributed by atoms with Gasteiger partial charge in [0.05, 0.1) is 0 Å². The van der Waals surface area contributed by atoms with Gasteiger partial charge in [-0.05, 0) is 41.1 Å². The number of rotatable bonds is 4. The summed E-state index contributed by atoms with van der Waals surface area (Å²) in [5.41, 5.74) is 0. The van der Waals surface area contributed by atoms with Crippen LogP contribution in [0.2, 0.25) is 0 Å². The molecule has 8 heteroatoms.